The van der Waals surface area contributed by atoms with Gasteiger partial charge >= 0.3 is 0 Å². The SMILES string of the molecule is CC1CCN(CCNc2cc(C#N)cc(Cl)n2)CC1. The van der Waals surface area contributed by atoms with E-state index in [2.05, 4.69) is 28.2 Å². The quantitative estimate of drug-likeness (QED) is 0.861. The van der Waals surface area contributed by atoms with Crippen LogP contribution in [-0.2, 0) is 0 Å². The van der Waals surface area contributed by atoms with Crippen LogP contribution in [0, 0.1) is 17.2 Å². The number of hydrogen-bond donors (Lipinski definition) is 1. The summed E-state index contributed by atoms with van der Waals surface area (Å²) in [4.78, 5) is 6.62. The summed E-state index contributed by atoms with van der Waals surface area (Å²) < 4.78 is 0. The Bertz CT molecular complexity index is 461. The fourth-order valence-electron chi connectivity index (χ4n) is 2.28. The Kier molecular flexibility index (Phi) is 5.00. The van der Waals surface area contributed by atoms with Crippen molar-refractivity contribution in [2.45, 2.75) is 19.8 Å². The summed E-state index contributed by atoms with van der Waals surface area (Å²) >= 11 is 5.86. The fourth-order valence-corrected chi connectivity index (χ4v) is 2.49. The van der Waals surface area contributed by atoms with E-state index in [0.29, 0.717) is 16.5 Å². The number of nitrogens with zero attached hydrogens (tertiary/aromatic N) is 3. The zero-order valence-electron chi connectivity index (χ0n) is 11.2. The number of nitriles is 1. The second kappa shape index (κ2) is 6.74. The summed E-state index contributed by atoms with van der Waals surface area (Å²) in [5.41, 5.74) is 0.536. The van der Waals surface area contributed by atoms with Crippen LogP contribution in [0.15, 0.2) is 12.1 Å². The predicted octanol–water partition coefficient (Wildman–Crippen LogP) is 2.75. The third-order valence-corrected chi connectivity index (χ3v) is 3.73. The van der Waals surface area contributed by atoms with Gasteiger partial charge in [-0.2, -0.15) is 5.26 Å². The Morgan fingerprint density at radius 2 is 2.21 bits per heavy atom. The highest BCUT2D eigenvalue weighted by Crippen LogP contribution is 2.16. The highest BCUT2D eigenvalue weighted by Gasteiger charge is 2.14. The van der Waals surface area contributed by atoms with Gasteiger partial charge < -0.3 is 10.2 Å². The molecule has 1 aliphatic rings. The summed E-state index contributed by atoms with van der Waals surface area (Å²) in [7, 11) is 0. The molecule has 19 heavy (non-hydrogen) atoms. The molecule has 0 saturated carbocycles. The molecule has 0 radical (unpaired) electrons. The van der Waals surface area contributed by atoms with Crippen molar-refractivity contribution in [2.24, 2.45) is 5.92 Å². The lowest BCUT2D eigenvalue weighted by molar-refractivity contribution is 0.199. The number of pyridine rings is 1. The number of anilines is 1. The van der Waals surface area contributed by atoms with E-state index in [0.717, 1.165) is 19.0 Å². The van der Waals surface area contributed by atoms with Crippen LogP contribution in [0.1, 0.15) is 25.3 Å². The summed E-state index contributed by atoms with van der Waals surface area (Å²) in [5.74, 6) is 1.53. The molecule has 0 aliphatic carbocycles. The van der Waals surface area contributed by atoms with Crippen LogP contribution in [0.25, 0.3) is 0 Å². The Balaban J connectivity index is 1.79. The number of nitrogens with one attached hydrogen (secondary N) is 1. The normalized spacial score (nSPS) is 17.1. The summed E-state index contributed by atoms with van der Waals surface area (Å²) in [6, 6.07) is 5.37. The Labute approximate surface area is 119 Å². The van der Waals surface area contributed by atoms with Gasteiger partial charge in [0.25, 0.3) is 0 Å². The van der Waals surface area contributed by atoms with Crippen molar-refractivity contribution in [3.05, 3.63) is 22.8 Å². The molecule has 0 aromatic carbocycles. The van der Waals surface area contributed by atoms with Crippen molar-refractivity contribution < 1.29 is 0 Å². The molecule has 1 saturated heterocycles. The first kappa shape index (κ1) is 14.1. The van der Waals surface area contributed by atoms with Gasteiger partial charge in [-0.05, 0) is 44.0 Å². The van der Waals surface area contributed by atoms with Gasteiger partial charge in [-0.15, -0.1) is 0 Å². The van der Waals surface area contributed by atoms with Crippen molar-refractivity contribution in [1.29, 1.82) is 5.26 Å². The maximum atomic E-state index is 8.87. The van der Waals surface area contributed by atoms with Crippen molar-refractivity contribution in [3.63, 3.8) is 0 Å². The molecule has 1 fully saturated rings. The fraction of sp³-hybridized carbons (Fsp3) is 0.571. The van der Waals surface area contributed by atoms with E-state index in [-0.39, 0.29) is 0 Å². The van der Waals surface area contributed by atoms with Crippen molar-refractivity contribution in [1.82, 2.24) is 9.88 Å². The lowest BCUT2D eigenvalue weighted by atomic mass is 9.99. The largest absolute Gasteiger partial charge is 0.369 e. The smallest absolute Gasteiger partial charge is 0.132 e. The lowest BCUT2D eigenvalue weighted by Gasteiger charge is -2.30. The number of likely N-dealkylation sites (tertiary alicyclic amines) is 1. The number of aromatic nitrogens is 1. The van der Waals surface area contributed by atoms with Crippen LogP contribution in [0.5, 0.6) is 0 Å². The summed E-state index contributed by atoms with van der Waals surface area (Å²) in [6.45, 7) is 6.49. The minimum absolute atomic E-state index is 0.355. The van der Waals surface area contributed by atoms with Crippen LogP contribution >= 0.6 is 11.6 Å². The van der Waals surface area contributed by atoms with Gasteiger partial charge in [-0.1, -0.05) is 18.5 Å². The molecule has 1 aliphatic heterocycles. The van der Waals surface area contributed by atoms with E-state index < -0.39 is 0 Å². The third kappa shape index (κ3) is 4.38. The zero-order chi connectivity index (χ0) is 13.7. The van der Waals surface area contributed by atoms with Gasteiger partial charge in [-0.3, -0.25) is 0 Å². The molecule has 1 N–H and O–H groups in total. The maximum absolute atomic E-state index is 8.87. The van der Waals surface area contributed by atoms with E-state index >= 15 is 0 Å². The second-order valence-electron chi connectivity index (χ2n) is 5.13. The third-order valence-electron chi connectivity index (χ3n) is 3.53. The molecule has 5 heteroatoms. The Morgan fingerprint density at radius 3 is 2.89 bits per heavy atom. The highest BCUT2D eigenvalue weighted by molar-refractivity contribution is 6.29. The van der Waals surface area contributed by atoms with Crippen molar-refractivity contribution in [2.75, 3.05) is 31.5 Å². The Morgan fingerprint density at radius 1 is 1.47 bits per heavy atom. The topological polar surface area (TPSA) is 52.0 Å². The monoisotopic (exact) mass is 278 g/mol. The van der Waals surface area contributed by atoms with Gasteiger partial charge in [0.15, 0.2) is 0 Å². The molecule has 2 heterocycles. The van der Waals surface area contributed by atoms with Gasteiger partial charge in [0.2, 0.25) is 0 Å². The molecule has 0 spiro atoms. The van der Waals surface area contributed by atoms with E-state index in [1.165, 1.54) is 25.9 Å². The van der Waals surface area contributed by atoms with Crippen molar-refractivity contribution in [3.8, 4) is 6.07 Å². The number of piperidine rings is 1. The number of hydrogen-bond acceptors (Lipinski definition) is 4. The predicted molar refractivity (Wildman–Crippen MR) is 77.3 cm³/mol. The highest BCUT2D eigenvalue weighted by atomic mass is 35.5. The molecule has 0 amide bonds. The minimum atomic E-state index is 0.355. The first-order chi connectivity index (χ1) is 9.17. The van der Waals surface area contributed by atoms with E-state index in [1.807, 2.05) is 0 Å². The van der Waals surface area contributed by atoms with E-state index in [1.54, 1.807) is 12.1 Å². The standard InChI is InChI=1S/C14H19ClN4/c1-11-2-5-19(6-3-11)7-4-17-14-9-12(10-16)8-13(15)18-14/h8-9,11H,2-7H2,1H3,(H,17,18). The average Bonchev–Trinajstić information content (AvgIpc) is 2.40. The lowest BCUT2D eigenvalue weighted by Crippen LogP contribution is -2.36. The average molecular weight is 279 g/mol. The maximum Gasteiger partial charge on any atom is 0.132 e. The first-order valence-corrected chi connectivity index (χ1v) is 7.09. The molecule has 4 nitrogen and oxygen atoms in total. The molecule has 0 bridgehead atoms. The van der Waals surface area contributed by atoms with Crippen LogP contribution < -0.4 is 5.32 Å². The second-order valence-corrected chi connectivity index (χ2v) is 5.51. The van der Waals surface area contributed by atoms with Crippen LogP contribution in [0.3, 0.4) is 0 Å². The summed E-state index contributed by atoms with van der Waals surface area (Å²) in [6.07, 6.45) is 2.57. The molecule has 1 aromatic heterocycles. The molecular weight excluding hydrogens is 260 g/mol. The molecule has 102 valence electrons. The zero-order valence-corrected chi connectivity index (χ0v) is 12.0. The first-order valence-electron chi connectivity index (χ1n) is 6.71. The van der Waals surface area contributed by atoms with E-state index in [9.17, 15) is 0 Å². The van der Waals surface area contributed by atoms with Crippen LogP contribution in [0.2, 0.25) is 5.15 Å². The van der Waals surface area contributed by atoms with Gasteiger partial charge in [0, 0.05) is 13.1 Å². The minimum Gasteiger partial charge on any atom is -0.369 e. The molecular formula is C14H19ClN4. The molecule has 0 atom stereocenters. The van der Waals surface area contributed by atoms with Gasteiger partial charge in [0.05, 0.1) is 11.6 Å². The van der Waals surface area contributed by atoms with E-state index in [4.69, 9.17) is 16.9 Å². The Hall–Kier alpha value is -1.31. The van der Waals surface area contributed by atoms with Gasteiger partial charge in [0.1, 0.15) is 11.0 Å². The summed E-state index contributed by atoms with van der Waals surface area (Å²) in [5, 5.41) is 12.5. The van der Waals surface area contributed by atoms with Gasteiger partial charge in [-0.25, -0.2) is 4.98 Å². The van der Waals surface area contributed by atoms with Crippen molar-refractivity contribution >= 4 is 17.4 Å². The number of rotatable bonds is 4. The van der Waals surface area contributed by atoms with Crippen LogP contribution in [-0.4, -0.2) is 36.1 Å². The number of halogens is 1. The molecule has 1 aromatic rings. The van der Waals surface area contributed by atoms with Crippen LogP contribution in [0.4, 0.5) is 5.82 Å². The molecule has 0 unspecified atom stereocenters. The molecule has 2 rings (SSSR count).